The van der Waals surface area contributed by atoms with Crippen molar-refractivity contribution in [2.45, 2.75) is 6.92 Å². The van der Waals surface area contributed by atoms with Crippen LogP contribution >= 0.6 is 0 Å². The molecule has 0 bridgehead atoms. The molecule has 0 amide bonds. The van der Waals surface area contributed by atoms with Crippen LogP contribution in [0, 0.1) is 6.92 Å². The summed E-state index contributed by atoms with van der Waals surface area (Å²) in [4.78, 5) is 11.2. The molecule has 0 saturated heterocycles. The van der Waals surface area contributed by atoms with Gasteiger partial charge in [0.25, 0.3) is 0 Å². The lowest BCUT2D eigenvalue weighted by Crippen LogP contribution is -2.04. The number of aromatic nitrogens is 2. The summed E-state index contributed by atoms with van der Waals surface area (Å²) in [6.07, 6.45) is 3.45. The molecule has 2 aromatic heterocycles. The number of aliphatic hydroxyl groups excluding tert-OH is 1. The Hall–Kier alpha value is -1.68. The summed E-state index contributed by atoms with van der Waals surface area (Å²) in [6, 6.07) is 3.39. The average Bonchev–Trinajstić information content (AvgIpc) is 2.59. The van der Waals surface area contributed by atoms with E-state index in [-0.39, 0.29) is 5.78 Å². The predicted molar refractivity (Wildman–Crippen MR) is 51.3 cm³/mol. The van der Waals surface area contributed by atoms with Crippen molar-refractivity contribution in [3.8, 4) is 0 Å². The molecule has 4 nitrogen and oxygen atoms in total. The van der Waals surface area contributed by atoms with Gasteiger partial charge in [0, 0.05) is 11.8 Å². The van der Waals surface area contributed by atoms with E-state index < -0.39 is 6.61 Å². The van der Waals surface area contributed by atoms with E-state index in [0.29, 0.717) is 5.56 Å². The Bertz CT molecular complexity index is 488. The molecule has 2 aromatic rings. The van der Waals surface area contributed by atoms with Crippen molar-refractivity contribution < 1.29 is 9.90 Å². The first-order chi connectivity index (χ1) is 6.72. The number of carbonyl (C=O) groups is 1. The molecule has 0 unspecified atom stereocenters. The minimum absolute atomic E-state index is 0.270. The van der Waals surface area contributed by atoms with Crippen molar-refractivity contribution in [1.29, 1.82) is 0 Å². The van der Waals surface area contributed by atoms with Crippen molar-refractivity contribution in [1.82, 2.24) is 9.61 Å². The van der Waals surface area contributed by atoms with Crippen LogP contribution in [0.5, 0.6) is 0 Å². The molecule has 72 valence electrons. The zero-order valence-corrected chi connectivity index (χ0v) is 7.77. The number of Topliss-reactive ketones (excluding diaryl/α,β-unsaturated/α-hetero) is 1. The highest BCUT2D eigenvalue weighted by Crippen LogP contribution is 2.11. The Morgan fingerprint density at radius 3 is 3.14 bits per heavy atom. The summed E-state index contributed by atoms with van der Waals surface area (Å²) in [5, 5.41) is 12.8. The third-order valence-corrected chi connectivity index (χ3v) is 2.18. The number of hydrogen-bond donors (Lipinski definition) is 1. The lowest BCUT2D eigenvalue weighted by Gasteiger charge is -1.99. The molecular formula is C10H10N2O2. The van der Waals surface area contributed by atoms with Gasteiger partial charge in [-0.25, -0.2) is 4.52 Å². The van der Waals surface area contributed by atoms with E-state index >= 15 is 0 Å². The average molecular weight is 190 g/mol. The first-order valence-electron chi connectivity index (χ1n) is 4.30. The summed E-state index contributed by atoms with van der Waals surface area (Å²) >= 11 is 0. The second kappa shape index (κ2) is 3.23. The largest absolute Gasteiger partial charge is 0.388 e. The van der Waals surface area contributed by atoms with Crippen LogP contribution in [-0.2, 0) is 0 Å². The maximum Gasteiger partial charge on any atom is 0.188 e. The van der Waals surface area contributed by atoms with Crippen molar-refractivity contribution in [3.63, 3.8) is 0 Å². The second-order valence-corrected chi connectivity index (χ2v) is 3.15. The van der Waals surface area contributed by atoms with Crippen molar-refractivity contribution in [2.75, 3.05) is 6.61 Å². The van der Waals surface area contributed by atoms with Crippen LogP contribution in [0.2, 0.25) is 0 Å². The molecule has 2 rings (SSSR count). The molecule has 2 heterocycles. The number of pyridine rings is 1. The lowest BCUT2D eigenvalue weighted by molar-refractivity contribution is 0.0904. The van der Waals surface area contributed by atoms with Gasteiger partial charge < -0.3 is 5.11 Å². The second-order valence-electron chi connectivity index (χ2n) is 3.15. The molecule has 0 atom stereocenters. The van der Waals surface area contributed by atoms with E-state index in [2.05, 4.69) is 5.10 Å². The highest BCUT2D eigenvalue weighted by Gasteiger charge is 2.06. The van der Waals surface area contributed by atoms with E-state index in [1.807, 2.05) is 6.92 Å². The van der Waals surface area contributed by atoms with E-state index in [1.54, 1.807) is 29.0 Å². The SMILES string of the molecule is Cc1cnn2ccc(C(=O)CO)cc12. The number of rotatable bonds is 2. The molecule has 4 heteroatoms. The van der Waals surface area contributed by atoms with E-state index in [4.69, 9.17) is 5.11 Å². The van der Waals surface area contributed by atoms with Crippen LogP contribution in [0.25, 0.3) is 5.52 Å². The van der Waals surface area contributed by atoms with E-state index in [1.165, 1.54) is 0 Å². The monoisotopic (exact) mass is 190 g/mol. The van der Waals surface area contributed by atoms with Crippen LogP contribution in [0.4, 0.5) is 0 Å². The van der Waals surface area contributed by atoms with Crippen molar-refractivity contribution in [3.05, 3.63) is 35.7 Å². The third kappa shape index (κ3) is 1.29. The Balaban J connectivity index is 2.60. The summed E-state index contributed by atoms with van der Waals surface area (Å²) in [5.41, 5.74) is 2.42. The van der Waals surface area contributed by atoms with Crippen LogP contribution in [0.3, 0.4) is 0 Å². The fourth-order valence-electron chi connectivity index (χ4n) is 1.37. The van der Waals surface area contributed by atoms with Gasteiger partial charge in [-0.05, 0) is 24.6 Å². The molecule has 0 saturated carbocycles. The molecule has 1 N–H and O–H groups in total. The third-order valence-electron chi connectivity index (χ3n) is 2.18. The molecule has 0 fully saturated rings. The summed E-state index contributed by atoms with van der Waals surface area (Å²) in [5.74, 6) is -0.270. The number of fused-ring (bicyclic) bond motifs is 1. The van der Waals surface area contributed by atoms with E-state index in [0.717, 1.165) is 11.1 Å². The molecule has 14 heavy (non-hydrogen) atoms. The Labute approximate surface area is 80.8 Å². The maximum atomic E-state index is 11.2. The lowest BCUT2D eigenvalue weighted by atomic mass is 10.1. The van der Waals surface area contributed by atoms with Gasteiger partial charge in [-0.1, -0.05) is 0 Å². The van der Waals surface area contributed by atoms with Crippen molar-refractivity contribution in [2.24, 2.45) is 0 Å². The van der Waals surface area contributed by atoms with Gasteiger partial charge in [0.15, 0.2) is 5.78 Å². The topological polar surface area (TPSA) is 54.6 Å². The quantitative estimate of drug-likeness (QED) is 0.713. The van der Waals surface area contributed by atoms with Gasteiger partial charge in [-0.2, -0.15) is 5.10 Å². The summed E-state index contributed by atoms with van der Waals surface area (Å²) < 4.78 is 1.70. The first-order valence-corrected chi connectivity index (χ1v) is 4.30. The van der Waals surface area contributed by atoms with Crippen LogP contribution in [-0.4, -0.2) is 27.1 Å². The number of aliphatic hydroxyl groups is 1. The zero-order chi connectivity index (χ0) is 10.1. The van der Waals surface area contributed by atoms with Gasteiger partial charge in [-0.15, -0.1) is 0 Å². The van der Waals surface area contributed by atoms with Gasteiger partial charge >= 0.3 is 0 Å². The smallest absolute Gasteiger partial charge is 0.188 e. The molecule has 0 aliphatic rings. The summed E-state index contributed by atoms with van der Waals surface area (Å²) in [7, 11) is 0. The standard InChI is InChI=1S/C10H10N2O2/c1-7-5-11-12-3-2-8(4-9(7)12)10(14)6-13/h2-5,13H,6H2,1H3. The molecule has 0 aliphatic heterocycles. The van der Waals surface area contributed by atoms with Crippen LogP contribution in [0.1, 0.15) is 15.9 Å². The summed E-state index contributed by atoms with van der Waals surface area (Å²) in [6.45, 7) is 1.47. The van der Waals surface area contributed by atoms with Gasteiger partial charge in [0.05, 0.1) is 11.7 Å². The number of ketones is 1. The Morgan fingerprint density at radius 2 is 2.43 bits per heavy atom. The zero-order valence-electron chi connectivity index (χ0n) is 7.77. The molecule has 0 radical (unpaired) electrons. The molecular weight excluding hydrogens is 180 g/mol. The number of hydrogen-bond acceptors (Lipinski definition) is 3. The minimum Gasteiger partial charge on any atom is -0.388 e. The number of carbonyl (C=O) groups excluding carboxylic acids is 1. The highest BCUT2D eigenvalue weighted by molar-refractivity contribution is 5.97. The molecule has 0 aliphatic carbocycles. The number of aryl methyl sites for hydroxylation is 1. The van der Waals surface area contributed by atoms with Gasteiger partial charge in [-0.3, -0.25) is 4.79 Å². The van der Waals surface area contributed by atoms with Gasteiger partial charge in [0.1, 0.15) is 6.61 Å². The normalized spacial score (nSPS) is 10.7. The fraction of sp³-hybridized carbons (Fsp3) is 0.200. The maximum absolute atomic E-state index is 11.2. The van der Waals surface area contributed by atoms with Crippen LogP contribution < -0.4 is 0 Å². The fourth-order valence-corrected chi connectivity index (χ4v) is 1.37. The molecule has 0 spiro atoms. The Kier molecular flexibility index (Phi) is 2.05. The Morgan fingerprint density at radius 1 is 1.64 bits per heavy atom. The molecule has 0 aromatic carbocycles. The highest BCUT2D eigenvalue weighted by atomic mass is 16.3. The van der Waals surface area contributed by atoms with Crippen LogP contribution in [0.15, 0.2) is 24.5 Å². The van der Waals surface area contributed by atoms with E-state index in [9.17, 15) is 4.79 Å². The van der Waals surface area contributed by atoms with Gasteiger partial charge in [0.2, 0.25) is 0 Å². The predicted octanol–water partition coefficient (Wildman–Crippen LogP) is 0.818. The minimum atomic E-state index is -0.455. The number of nitrogens with zero attached hydrogens (tertiary/aromatic N) is 2. The van der Waals surface area contributed by atoms with Crippen molar-refractivity contribution >= 4 is 11.3 Å². The first kappa shape index (κ1) is 8.90.